The molecule has 0 aromatic heterocycles. The van der Waals surface area contributed by atoms with Crippen LogP contribution in [0.1, 0.15) is 23.7 Å². The van der Waals surface area contributed by atoms with Gasteiger partial charge in [0.15, 0.2) is 0 Å². The van der Waals surface area contributed by atoms with Gasteiger partial charge in [-0.15, -0.1) is 0 Å². The molecule has 3 nitrogen and oxygen atoms in total. The van der Waals surface area contributed by atoms with Crippen molar-refractivity contribution in [1.29, 1.82) is 0 Å². The lowest BCUT2D eigenvalue weighted by molar-refractivity contribution is 0.0540. The molecule has 0 radical (unpaired) electrons. The summed E-state index contributed by atoms with van der Waals surface area (Å²) in [5, 5.41) is 0. The summed E-state index contributed by atoms with van der Waals surface area (Å²) < 4.78 is 13.7. The Labute approximate surface area is 121 Å². The quantitative estimate of drug-likeness (QED) is 0.833. The monoisotopic (exact) mass is 328 g/mol. The van der Waals surface area contributed by atoms with Crippen molar-refractivity contribution in [3.8, 4) is 0 Å². The van der Waals surface area contributed by atoms with E-state index in [-0.39, 0.29) is 10.4 Å². The van der Waals surface area contributed by atoms with Crippen molar-refractivity contribution in [2.75, 3.05) is 26.7 Å². The molecule has 1 aliphatic heterocycles. The van der Waals surface area contributed by atoms with E-state index in [1.54, 1.807) is 12.1 Å². The molecule has 1 atom stereocenters. The van der Waals surface area contributed by atoms with Crippen molar-refractivity contribution in [2.45, 2.75) is 19.4 Å². The van der Waals surface area contributed by atoms with E-state index in [2.05, 4.69) is 34.8 Å². The van der Waals surface area contributed by atoms with Gasteiger partial charge in [0, 0.05) is 25.7 Å². The third-order valence-corrected chi connectivity index (χ3v) is 4.52. The van der Waals surface area contributed by atoms with Crippen molar-refractivity contribution < 1.29 is 9.18 Å². The van der Waals surface area contributed by atoms with E-state index in [9.17, 15) is 9.18 Å². The molecule has 1 aromatic carbocycles. The number of halogens is 2. The number of piperazine rings is 1. The summed E-state index contributed by atoms with van der Waals surface area (Å²) in [4.78, 5) is 16.5. The molecule has 0 saturated carbocycles. The Balaban J connectivity index is 2.18. The number of amides is 1. The summed E-state index contributed by atoms with van der Waals surface area (Å²) in [6, 6.07) is 4.96. The van der Waals surface area contributed by atoms with Gasteiger partial charge in [0.1, 0.15) is 5.82 Å². The Morgan fingerprint density at radius 2 is 2.21 bits per heavy atom. The molecule has 1 saturated heterocycles. The first-order valence-corrected chi connectivity index (χ1v) is 7.27. The molecule has 1 aromatic rings. The van der Waals surface area contributed by atoms with Gasteiger partial charge in [-0.2, -0.15) is 0 Å². The molecule has 1 amide bonds. The van der Waals surface area contributed by atoms with Crippen LogP contribution in [-0.4, -0.2) is 48.4 Å². The first-order chi connectivity index (χ1) is 9.04. The molecule has 104 valence electrons. The zero-order valence-corrected chi connectivity index (χ0v) is 12.8. The van der Waals surface area contributed by atoms with Crippen LogP contribution in [0.2, 0.25) is 0 Å². The second kappa shape index (κ2) is 6.01. The van der Waals surface area contributed by atoms with E-state index in [4.69, 9.17) is 0 Å². The third kappa shape index (κ3) is 2.98. The lowest BCUT2D eigenvalue weighted by Gasteiger charge is -2.39. The van der Waals surface area contributed by atoms with Crippen molar-refractivity contribution in [1.82, 2.24) is 9.80 Å². The Bertz CT molecular complexity index is 481. The highest BCUT2D eigenvalue weighted by Crippen LogP contribution is 2.23. The smallest absolute Gasteiger partial charge is 0.255 e. The molecule has 0 N–H and O–H groups in total. The predicted molar refractivity (Wildman–Crippen MR) is 76.7 cm³/mol. The summed E-state index contributed by atoms with van der Waals surface area (Å²) in [5.74, 6) is -0.495. The van der Waals surface area contributed by atoms with Crippen molar-refractivity contribution >= 4 is 21.8 Å². The minimum atomic E-state index is -0.396. The molecular weight excluding hydrogens is 311 g/mol. The zero-order valence-electron chi connectivity index (χ0n) is 11.2. The minimum absolute atomic E-state index is 0.0991. The fourth-order valence-corrected chi connectivity index (χ4v) is 2.84. The van der Waals surface area contributed by atoms with Crippen LogP contribution in [0.3, 0.4) is 0 Å². The summed E-state index contributed by atoms with van der Waals surface area (Å²) in [7, 11) is 2.08. The molecule has 1 fully saturated rings. The van der Waals surface area contributed by atoms with Gasteiger partial charge < -0.3 is 4.90 Å². The topological polar surface area (TPSA) is 23.6 Å². The Morgan fingerprint density at radius 1 is 1.47 bits per heavy atom. The highest BCUT2D eigenvalue weighted by molar-refractivity contribution is 9.10. The van der Waals surface area contributed by atoms with E-state index < -0.39 is 5.82 Å². The number of likely N-dealkylation sites (N-methyl/N-ethyl adjacent to an activating group) is 1. The standard InChI is InChI=1S/C14H18BrFN2O/c1-3-10-9-18(8-7-17(10)2)14(19)11-5-4-6-12(16)13(11)15/h4-6,10H,3,7-9H2,1-2H3. The molecule has 0 spiro atoms. The van der Waals surface area contributed by atoms with Gasteiger partial charge in [0.2, 0.25) is 0 Å². The van der Waals surface area contributed by atoms with Gasteiger partial charge in [0.05, 0.1) is 10.0 Å². The highest BCUT2D eigenvalue weighted by Gasteiger charge is 2.27. The van der Waals surface area contributed by atoms with Gasteiger partial charge >= 0.3 is 0 Å². The highest BCUT2D eigenvalue weighted by atomic mass is 79.9. The number of hydrogen-bond donors (Lipinski definition) is 0. The minimum Gasteiger partial charge on any atom is -0.336 e. The summed E-state index contributed by atoms with van der Waals surface area (Å²) in [6.07, 6.45) is 1.00. The van der Waals surface area contributed by atoms with Crippen LogP contribution in [0, 0.1) is 5.82 Å². The van der Waals surface area contributed by atoms with Gasteiger partial charge in [-0.25, -0.2) is 4.39 Å². The molecular formula is C14H18BrFN2O. The molecule has 1 aliphatic rings. The van der Waals surface area contributed by atoms with Crippen LogP contribution in [0.15, 0.2) is 22.7 Å². The Hall–Kier alpha value is -0.940. The fraction of sp³-hybridized carbons (Fsp3) is 0.500. The van der Waals surface area contributed by atoms with E-state index in [0.29, 0.717) is 24.7 Å². The van der Waals surface area contributed by atoms with Crippen LogP contribution in [0.4, 0.5) is 4.39 Å². The number of rotatable bonds is 2. The molecule has 19 heavy (non-hydrogen) atoms. The maximum absolute atomic E-state index is 13.5. The number of hydrogen-bond acceptors (Lipinski definition) is 2. The molecule has 1 unspecified atom stereocenters. The number of carbonyl (C=O) groups excluding carboxylic acids is 1. The van der Waals surface area contributed by atoms with E-state index in [1.807, 2.05) is 4.90 Å². The first kappa shape index (κ1) is 14.5. The Morgan fingerprint density at radius 3 is 2.89 bits per heavy atom. The summed E-state index contributed by atoms with van der Waals surface area (Å²) in [6.45, 7) is 4.37. The van der Waals surface area contributed by atoms with Crippen LogP contribution in [0.5, 0.6) is 0 Å². The van der Waals surface area contributed by atoms with Crippen molar-refractivity contribution in [3.63, 3.8) is 0 Å². The second-order valence-corrected chi connectivity index (χ2v) is 5.69. The normalized spacial score (nSPS) is 20.6. The van der Waals surface area contributed by atoms with Crippen molar-refractivity contribution in [2.24, 2.45) is 0 Å². The molecule has 0 aliphatic carbocycles. The summed E-state index contributed by atoms with van der Waals surface area (Å²) >= 11 is 3.16. The van der Waals surface area contributed by atoms with Crippen LogP contribution in [0.25, 0.3) is 0 Å². The van der Waals surface area contributed by atoms with Gasteiger partial charge in [0.25, 0.3) is 5.91 Å². The number of nitrogens with zero attached hydrogens (tertiary/aromatic N) is 2. The van der Waals surface area contributed by atoms with Crippen LogP contribution >= 0.6 is 15.9 Å². The molecule has 2 rings (SSSR count). The maximum Gasteiger partial charge on any atom is 0.255 e. The summed E-state index contributed by atoms with van der Waals surface area (Å²) in [5.41, 5.74) is 0.402. The van der Waals surface area contributed by atoms with E-state index in [0.717, 1.165) is 13.0 Å². The maximum atomic E-state index is 13.5. The van der Waals surface area contributed by atoms with Gasteiger partial charge in [-0.3, -0.25) is 9.69 Å². The first-order valence-electron chi connectivity index (χ1n) is 6.48. The Kier molecular flexibility index (Phi) is 4.58. The third-order valence-electron chi connectivity index (χ3n) is 3.72. The molecule has 0 bridgehead atoms. The van der Waals surface area contributed by atoms with Gasteiger partial charge in [-0.05, 0) is 41.5 Å². The van der Waals surface area contributed by atoms with Crippen molar-refractivity contribution in [3.05, 3.63) is 34.1 Å². The van der Waals surface area contributed by atoms with E-state index >= 15 is 0 Å². The lowest BCUT2D eigenvalue weighted by Crippen LogP contribution is -2.53. The van der Waals surface area contributed by atoms with Crippen LogP contribution in [-0.2, 0) is 0 Å². The fourth-order valence-electron chi connectivity index (χ4n) is 2.41. The number of carbonyl (C=O) groups is 1. The largest absolute Gasteiger partial charge is 0.336 e. The SMILES string of the molecule is CCC1CN(C(=O)c2cccc(F)c2Br)CCN1C. The zero-order chi connectivity index (χ0) is 14.0. The molecule has 5 heteroatoms. The second-order valence-electron chi connectivity index (χ2n) is 4.90. The molecule has 1 heterocycles. The lowest BCUT2D eigenvalue weighted by atomic mass is 10.1. The average Bonchev–Trinajstić information content (AvgIpc) is 2.41. The van der Waals surface area contributed by atoms with Crippen LogP contribution < -0.4 is 0 Å². The number of benzene rings is 1. The average molecular weight is 329 g/mol. The van der Waals surface area contributed by atoms with E-state index in [1.165, 1.54) is 6.07 Å². The van der Waals surface area contributed by atoms with Gasteiger partial charge in [-0.1, -0.05) is 13.0 Å². The predicted octanol–water partition coefficient (Wildman–Crippen LogP) is 2.75.